The average molecular weight is 281 g/mol. The van der Waals surface area contributed by atoms with Crippen molar-refractivity contribution in [2.75, 3.05) is 13.1 Å². The molecule has 0 radical (unpaired) electrons. The average Bonchev–Trinajstić information content (AvgIpc) is 2.41. The van der Waals surface area contributed by atoms with Crippen molar-refractivity contribution in [2.24, 2.45) is 23.3 Å². The number of nitrogens with two attached hydrogens (primary N) is 2. The molecule has 0 bridgehead atoms. The molecular formula is C16H25ClN2. The summed E-state index contributed by atoms with van der Waals surface area (Å²) in [6, 6.07) is 4.50. The summed E-state index contributed by atoms with van der Waals surface area (Å²) in [6.45, 7) is 3.53. The van der Waals surface area contributed by atoms with E-state index < -0.39 is 0 Å². The summed E-state index contributed by atoms with van der Waals surface area (Å²) in [5.74, 6) is 0.862. The molecule has 0 saturated heterocycles. The Hall–Kier alpha value is -0.570. The van der Waals surface area contributed by atoms with Gasteiger partial charge in [-0.15, -0.1) is 0 Å². The molecule has 1 aliphatic carbocycles. The Labute approximate surface area is 121 Å². The summed E-state index contributed by atoms with van der Waals surface area (Å²) >= 11 is 6.43. The van der Waals surface area contributed by atoms with E-state index >= 15 is 0 Å². The maximum absolute atomic E-state index is 6.43. The maximum atomic E-state index is 6.43. The Balaban J connectivity index is 2.16. The van der Waals surface area contributed by atoms with Gasteiger partial charge in [0, 0.05) is 5.02 Å². The van der Waals surface area contributed by atoms with Crippen molar-refractivity contribution in [3.8, 4) is 0 Å². The van der Waals surface area contributed by atoms with Crippen LogP contribution in [-0.2, 0) is 19.3 Å². The van der Waals surface area contributed by atoms with E-state index in [9.17, 15) is 0 Å². The molecule has 106 valence electrons. The van der Waals surface area contributed by atoms with Crippen molar-refractivity contribution in [2.45, 2.75) is 39.0 Å². The molecule has 1 atom stereocenters. The topological polar surface area (TPSA) is 52.0 Å². The number of halogens is 1. The van der Waals surface area contributed by atoms with Crippen LogP contribution in [0.15, 0.2) is 12.1 Å². The van der Waals surface area contributed by atoms with E-state index in [1.807, 2.05) is 0 Å². The molecule has 3 heteroatoms. The van der Waals surface area contributed by atoms with Crippen LogP contribution in [0.1, 0.15) is 36.5 Å². The first-order valence-corrected chi connectivity index (χ1v) is 7.73. The second-order valence-electron chi connectivity index (χ2n) is 5.83. The standard InChI is InChI=1S/C16H25ClN2/c1-11(15(9-18)10-19)6-14-7-12-4-2-3-5-13(12)8-16(14)17/h7-8,11,15H,2-6,9-10,18-19H2,1H3. The number of hydrogen-bond acceptors (Lipinski definition) is 2. The molecule has 1 aromatic rings. The highest BCUT2D eigenvalue weighted by Gasteiger charge is 2.18. The lowest BCUT2D eigenvalue weighted by Gasteiger charge is -2.23. The number of aryl methyl sites for hydroxylation is 2. The zero-order valence-corrected chi connectivity index (χ0v) is 12.5. The highest BCUT2D eigenvalue weighted by Crippen LogP contribution is 2.30. The van der Waals surface area contributed by atoms with Gasteiger partial charge in [-0.25, -0.2) is 0 Å². The number of benzene rings is 1. The van der Waals surface area contributed by atoms with E-state index in [0.717, 1.165) is 11.4 Å². The molecule has 1 aromatic carbocycles. The minimum atomic E-state index is 0.382. The highest BCUT2D eigenvalue weighted by molar-refractivity contribution is 6.31. The van der Waals surface area contributed by atoms with Gasteiger partial charge in [-0.2, -0.15) is 0 Å². The summed E-state index contributed by atoms with van der Waals surface area (Å²) < 4.78 is 0. The quantitative estimate of drug-likeness (QED) is 0.871. The van der Waals surface area contributed by atoms with Gasteiger partial charge in [0.15, 0.2) is 0 Å². The summed E-state index contributed by atoms with van der Waals surface area (Å²) in [5.41, 5.74) is 15.8. The van der Waals surface area contributed by atoms with Crippen LogP contribution in [0.2, 0.25) is 5.02 Å². The molecule has 1 unspecified atom stereocenters. The minimum absolute atomic E-state index is 0.382. The Kier molecular flexibility index (Phi) is 5.26. The molecule has 0 saturated carbocycles. The second-order valence-corrected chi connectivity index (χ2v) is 6.24. The third-order valence-corrected chi connectivity index (χ3v) is 4.81. The fraction of sp³-hybridized carbons (Fsp3) is 0.625. The molecule has 0 amide bonds. The summed E-state index contributed by atoms with van der Waals surface area (Å²) in [6.07, 6.45) is 5.95. The smallest absolute Gasteiger partial charge is 0.0441 e. The van der Waals surface area contributed by atoms with Crippen LogP contribution in [-0.4, -0.2) is 13.1 Å². The van der Waals surface area contributed by atoms with Gasteiger partial charge in [-0.1, -0.05) is 24.6 Å². The Morgan fingerprint density at radius 2 is 1.68 bits per heavy atom. The van der Waals surface area contributed by atoms with Crippen LogP contribution in [0.3, 0.4) is 0 Å². The molecule has 2 nitrogen and oxygen atoms in total. The van der Waals surface area contributed by atoms with Gasteiger partial charge in [0.05, 0.1) is 0 Å². The molecule has 19 heavy (non-hydrogen) atoms. The van der Waals surface area contributed by atoms with Gasteiger partial charge >= 0.3 is 0 Å². The fourth-order valence-electron chi connectivity index (χ4n) is 3.04. The summed E-state index contributed by atoms with van der Waals surface area (Å²) in [7, 11) is 0. The van der Waals surface area contributed by atoms with Crippen molar-refractivity contribution < 1.29 is 0 Å². The van der Waals surface area contributed by atoms with Crippen LogP contribution in [0.4, 0.5) is 0 Å². The van der Waals surface area contributed by atoms with Crippen molar-refractivity contribution in [3.05, 3.63) is 33.8 Å². The lowest BCUT2D eigenvalue weighted by Crippen LogP contribution is -2.30. The van der Waals surface area contributed by atoms with Crippen LogP contribution >= 0.6 is 11.6 Å². The lowest BCUT2D eigenvalue weighted by atomic mass is 9.85. The molecule has 0 heterocycles. The molecule has 4 N–H and O–H groups in total. The monoisotopic (exact) mass is 280 g/mol. The van der Waals surface area contributed by atoms with Crippen LogP contribution in [0.5, 0.6) is 0 Å². The predicted molar refractivity (Wildman–Crippen MR) is 82.6 cm³/mol. The lowest BCUT2D eigenvalue weighted by molar-refractivity contribution is 0.372. The number of rotatable bonds is 5. The van der Waals surface area contributed by atoms with E-state index in [4.69, 9.17) is 23.1 Å². The van der Waals surface area contributed by atoms with E-state index in [1.54, 1.807) is 0 Å². The van der Waals surface area contributed by atoms with E-state index in [2.05, 4.69) is 19.1 Å². The Morgan fingerprint density at radius 3 is 2.26 bits per heavy atom. The van der Waals surface area contributed by atoms with Gasteiger partial charge < -0.3 is 11.5 Å². The Bertz CT molecular complexity index is 427. The van der Waals surface area contributed by atoms with Crippen molar-refractivity contribution in [1.82, 2.24) is 0 Å². The van der Waals surface area contributed by atoms with E-state index in [-0.39, 0.29) is 0 Å². The van der Waals surface area contributed by atoms with E-state index in [1.165, 1.54) is 42.4 Å². The van der Waals surface area contributed by atoms with Gasteiger partial charge in [-0.3, -0.25) is 0 Å². The largest absolute Gasteiger partial charge is 0.330 e. The first kappa shape index (κ1) is 14.8. The van der Waals surface area contributed by atoms with Crippen LogP contribution in [0, 0.1) is 11.8 Å². The number of hydrogen-bond donors (Lipinski definition) is 2. The van der Waals surface area contributed by atoms with Gasteiger partial charge in [-0.05, 0) is 79.8 Å². The zero-order chi connectivity index (χ0) is 13.8. The van der Waals surface area contributed by atoms with E-state index in [0.29, 0.717) is 24.9 Å². The zero-order valence-electron chi connectivity index (χ0n) is 11.8. The molecule has 0 fully saturated rings. The first-order chi connectivity index (χ1) is 9.15. The molecule has 2 rings (SSSR count). The SMILES string of the molecule is CC(Cc1cc2c(cc1Cl)CCCC2)C(CN)CN. The summed E-state index contributed by atoms with van der Waals surface area (Å²) in [4.78, 5) is 0. The van der Waals surface area contributed by atoms with Crippen LogP contribution in [0.25, 0.3) is 0 Å². The van der Waals surface area contributed by atoms with Crippen molar-refractivity contribution in [1.29, 1.82) is 0 Å². The first-order valence-electron chi connectivity index (χ1n) is 7.36. The molecule has 0 aromatic heterocycles. The summed E-state index contributed by atoms with van der Waals surface area (Å²) in [5, 5.41) is 0.917. The maximum Gasteiger partial charge on any atom is 0.0441 e. The van der Waals surface area contributed by atoms with Crippen LogP contribution < -0.4 is 11.5 Å². The van der Waals surface area contributed by atoms with Gasteiger partial charge in [0.25, 0.3) is 0 Å². The minimum Gasteiger partial charge on any atom is -0.330 e. The van der Waals surface area contributed by atoms with Crippen molar-refractivity contribution >= 4 is 11.6 Å². The molecule has 0 spiro atoms. The van der Waals surface area contributed by atoms with Crippen molar-refractivity contribution in [3.63, 3.8) is 0 Å². The highest BCUT2D eigenvalue weighted by atomic mass is 35.5. The predicted octanol–water partition coefficient (Wildman–Crippen LogP) is 2.93. The fourth-order valence-corrected chi connectivity index (χ4v) is 3.30. The number of fused-ring (bicyclic) bond motifs is 1. The molecule has 0 aliphatic heterocycles. The Morgan fingerprint density at radius 1 is 1.11 bits per heavy atom. The second kappa shape index (κ2) is 6.74. The normalized spacial score (nSPS) is 16.5. The third kappa shape index (κ3) is 3.50. The molecular weight excluding hydrogens is 256 g/mol. The van der Waals surface area contributed by atoms with Gasteiger partial charge in [0.2, 0.25) is 0 Å². The molecule has 1 aliphatic rings. The third-order valence-electron chi connectivity index (χ3n) is 4.46. The van der Waals surface area contributed by atoms with Gasteiger partial charge in [0.1, 0.15) is 0 Å².